The minimum absolute atomic E-state index is 0. The zero-order valence-electron chi connectivity index (χ0n) is 26.6. The molecule has 11 heteroatoms. The van der Waals surface area contributed by atoms with Gasteiger partial charge in [-0.3, -0.25) is 0 Å². The summed E-state index contributed by atoms with van der Waals surface area (Å²) >= 11 is 0. The van der Waals surface area contributed by atoms with Crippen LogP contribution in [0.2, 0.25) is 0 Å². The molecule has 0 aliphatic carbocycles. The monoisotopic (exact) mass is 657 g/mol. The molecule has 4 aromatic carbocycles. The number of azo groups is 2. The number of aromatic hydroxyl groups is 4. The van der Waals surface area contributed by atoms with E-state index in [9.17, 15) is 20.4 Å². The molecule has 0 unspecified atom stereocenters. The van der Waals surface area contributed by atoms with E-state index in [0.29, 0.717) is 22.7 Å². The summed E-state index contributed by atoms with van der Waals surface area (Å²) in [5.41, 5.74) is 5.27. The summed E-state index contributed by atoms with van der Waals surface area (Å²) < 4.78 is 0. The maximum atomic E-state index is 10.1. The zero-order valence-corrected chi connectivity index (χ0v) is 27.6. The van der Waals surface area contributed by atoms with Gasteiger partial charge in [0.05, 0.1) is 0 Å². The van der Waals surface area contributed by atoms with Crippen LogP contribution < -0.4 is 9.80 Å². The number of phenols is 4. The Labute approximate surface area is 275 Å². The third-order valence-electron chi connectivity index (χ3n) is 6.97. The van der Waals surface area contributed by atoms with Crippen molar-refractivity contribution in [1.82, 2.24) is 0 Å². The van der Waals surface area contributed by atoms with Gasteiger partial charge in [-0.1, -0.05) is 12.1 Å². The van der Waals surface area contributed by atoms with Crippen LogP contribution in [0.4, 0.5) is 34.1 Å². The molecule has 0 aliphatic rings. The number of benzene rings is 4. The molecule has 0 amide bonds. The number of rotatable bonds is 10. The molecule has 10 nitrogen and oxygen atoms in total. The summed E-state index contributed by atoms with van der Waals surface area (Å²) in [4.78, 5) is 4.26. The first kappa shape index (κ1) is 36.6. The van der Waals surface area contributed by atoms with Crippen LogP contribution in [0.5, 0.6) is 23.0 Å². The molecular formula is C34H42CoN6O4. The summed E-state index contributed by atoms with van der Waals surface area (Å²) in [5, 5.41) is 55.8. The number of aryl methyl sites for hydroxylation is 2. The molecule has 0 aliphatic heterocycles. The molecule has 0 spiro atoms. The van der Waals surface area contributed by atoms with E-state index in [-0.39, 0.29) is 39.8 Å². The quantitative estimate of drug-likeness (QED) is 0.125. The van der Waals surface area contributed by atoms with E-state index in [4.69, 9.17) is 0 Å². The first-order chi connectivity index (χ1) is 21.1. The summed E-state index contributed by atoms with van der Waals surface area (Å²) in [6.07, 6.45) is 0. The topological polar surface area (TPSA) is 137 Å². The van der Waals surface area contributed by atoms with Gasteiger partial charge in [-0.05, 0) is 101 Å². The van der Waals surface area contributed by atoms with E-state index in [0.717, 1.165) is 48.7 Å². The van der Waals surface area contributed by atoms with Crippen LogP contribution in [-0.4, -0.2) is 46.6 Å². The molecule has 0 aromatic heterocycles. The molecule has 45 heavy (non-hydrogen) atoms. The Hall–Kier alpha value is -4.61. The third kappa shape index (κ3) is 10.2. The van der Waals surface area contributed by atoms with E-state index < -0.39 is 0 Å². The first-order valence-corrected chi connectivity index (χ1v) is 14.7. The Morgan fingerprint density at radius 3 is 0.956 bits per heavy atom. The van der Waals surface area contributed by atoms with E-state index in [1.807, 2.05) is 38.1 Å². The fourth-order valence-electron chi connectivity index (χ4n) is 4.42. The molecule has 4 rings (SSSR count). The van der Waals surface area contributed by atoms with Crippen LogP contribution in [0.3, 0.4) is 0 Å². The van der Waals surface area contributed by atoms with E-state index >= 15 is 0 Å². The maximum Gasteiger partial charge on any atom is 0.145 e. The van der Waals surface area contributed by atoms with Crippen molar-refractivity contribution in [3.05, 3.63) is 83.9 Å². The minimum Gasteiger partial charge on any atom is -0.506 e. The van der Waals surface area contributed by atoms with Gasteiger partial charge in [0.15, 0.2) is 0 Å². The molecular weight excluding hydrogens is 615 g/mol. The normalized spacial score (nSPS) is 10.8. The Bertz CT molecular complexity index is 1490. The Morgan fingerprint density at radius 2 is 0.711 bits per heavy atom. The van der Waals surface area contributed by atoms with Crippen molar-refractivity contribution in [2.75, 3.05) is 36.0 Å². The molecule has 0 fully saturated rings. The van der Waals surface area contributed by atoms with E-state index in [2.05, 4.69) is 58.0 Å². The molecule has 241 valence electrons. The fourth-order valence-corrected chi connectivity index (χ4v) is 4.42. The molecule has 4 aromatic rings. The van der Waals surface area contributed by atoms with Crippen molar-refractivity contribution in [2.45, 2.75) is 41.5 Å². The van der Waals surface area contributed by atoms with Crippen LogP contribution in [0.1, 0.15) is 38.8 Å². The number of anilines is 2. The van der Waals surface area contributed by atoms with E-state index in [1.165, 1.54) is 0 Å². The van der Waals surface area contributed by atoms with Crippen LogP contribution >= 0.6 is 0 Å². The second-order valence-electron chi connectivity index (χ2n) is 10.1. The van der Waals surface area contributed by atoms with Gasteiger partial charge in [-0.15, -0.1) is 20.5 Å². The van der Waals surface area contributed by atoms with Crippen molar-refractivity contribution < 1.29 is 37.2 Å². The second kappa shape index (κ2) is 17.6. The number of hydrogen-bond donors (Lipinski definition) is 4. The maximum absolute atomic E-state index is 10.1. The standard InChI is InChI=1S/2C17H21N3O2.Co/c2*1-4-20(5-2)13-7-9-15(17(22)11-13)19-18-14-8-6-12(3)10-16(14)21;/h2*6-11,21-22H,4-5H2,1-3H3;. The summed E-state index contributed by atoms with van der Waals surface area (Å²) in [5.74, 6) is 0.283. The van der Waals surface area contributed by atoms with Crippen LogP contribution in [0.25, 0.3) is 0 Å². The molecule has 0 atom stereocenters. The number of nitrogens with zero attached hydrogens (tertiary/aromatic N) is 6. The van der Waals surface area contributed by atoms with Crippen molar-refractivity contribution in [3.8, 4) is 23.0 Å². The van der Waals surface area contributed by atoms with Gasteiger partial charge in [0.2, 0.25) is 0 Å². The van der Waals surface area contributed by atoms with Gasteiger partial charge >= 0.3 is 0 Å². The summed E-state index contributed by atoms with van der Waals surface area (Å²) in [7, 11) is 0. The summed E-state index contributed by atoms with van der Waals surface area (Å²) in [6, 6.07) is 20.9. The van der Waals surface area contributed by atoms with Gasteiger partial charge in [0, 0.05) is 66.5 Å². The van der Waals surface area contributed by atoms with E-state index in [1.54, 1.807) is 48.5 Å². The van der Waals surface area contributed by atoms with Crippen molar-refractivity contribution >= 4 is 34.1 Å². The van der Waals surface area contributed by atoms with Gasteiger partial charge in [0.25, 0.3) is 0 Å². The molecule has 4 N–H and O–H groups in total. The molecule has 1 radical (unpaired) electrons. The molecule has 0 bridgehead atoms. The van der Waals surface area contributed by atoms with Gasteiger partial charge in [-0.25, -0.2) is 0 Å². The van der Waals surface area contributed by atoms with Gasteiger partial charge in [0.1, 0.15) is 45.7 Å². The Morgan fingerprint density at radius 1 is 0.444 bits per heavy atom. The Kier molecular flexibility index (Phi) is 14.3. The molecule has 0 saturated heterocycles. The van der Waals surface area contributed by atoms with Crippen LogP contribution in [0.15, 0.2) is 93.3 Å². The third-order valence-corrected chi connectivity index (χ3v) is 6.97. The average molecular weight is 658 g/mol. The Balaban J connectivity index is 0.000000307. The smallest absolute Gasteiger partial charge is 0.145 e. The van der Waals surface area contributed by atoms with Gasteiger partial charge in [-0.2, -0.15) is 0 Å². The minimum atomic E-state index is 0. The van der Waals surface area contributed by atoms with Crippen molar-refractivity contribution in [1.29, 1.82) is 0 Å². The average Bonchev–Trinajstić information content (AvgIpc) is 2.99. The zero-order chi connectivity index (χ0) is 32.2. The SMILES string of the molecule is CCN(CC)c1ccc(N=Nc2ccc(C)cc2O)c(O)c1.CCN(CC)c1ccc(N=Nc2ccc(C)cc2O)c(O)c1.[Co]. The first-order valence-electron chi connectivity index (χ1n) is 14.7. The fraction of sp³-hybridized carbons (Fsp3) is 0.294. The predicted molar refractivity (Wildman–Crippen MR) is 177 cm³/mol. The molecule has 0 heterocycles. The van der Waals surface area contributed by atoms with Crippen molar-refractivity contribution in [2.24, 2.45) is 20.5 Å². The predicted octanol–water partition coefficient (Wildman–Crippen LogP) is 9.33. The molecule has 0 saturated carbocycles. The number of hydrogen-bond acceptors (Lipinski definition) is 10. The second-order valence-corrected chi connectivity index (χ2v) is 10.1. The largest absolute Gasteiger partial charge is 0.506 e. The van der Waals surface area contributed by atoms with Crippen LogP contribution in [-0.2, 0) is 16.8 Å². The summed E-state index contributed by atoms with van der Waals surface area (Å²) in [6.45, 7) is 15.5. The van der Waals surface area contributed by atoms with Crippen molar-refractivity contribution in [3.63, 3.8) is 0 Å². The van der Waals surface area contributed by atoms with Gasteiger partial charge < -0.3 is 30.2 Å². The number of phenolic OH excluding ortho intramolecular Hbond substituents is 4. The van der Waals surface area contributed by atoms with Crippen LogP contribution in [0, 0.1) is 13.8 Å².